The number of nitrogens with one attached hydrogen (secondary N) is 1. The molecular weight excluding hydrogens is 106 g/mol. The maximum Gasteiger partial charge on any atom is 0.343 e. The molecule has 1 aliphatic rings. The molecule has 1 rings (SSSR count). The van der Waals surface area contributed by atoms with Crippen LogP contribution in [0.5, 0.6) is 0 Å². The third kappa shape index (κ3) is 0.634. The van der Waals surface area contributed by atoms with Gasteiger partial charge in [-0.2, -0.15) is 0 Å². The SMILES string of the molecule is N=C=C1CCOC1=O. The lowest BCUT2D eigenvalue weighted by Crippen LogP contribution is -1.93. The van der Waals surface area contributed by atoms with Crippen molar-refractivity contribution in [1.82, 2.24) is 0 Å². The molecule has 0 aromatic rings. The molecular formula is C5H5NO2. The van der Waals surface area contributed by atoms with E-state index in [9.17, 15) is 4.79 Å². The number of rotatable bonds is 0. The monoisotopic (exact) mass is 111 g/mol. The van der Waals surface area contributed by atoms with Crippen LogP contribution >= 0.6 is 0 Å². The van der Waals surface area contributed by atoms with E-state index >= 15 is 0 Å². The summed E-state index contributed by atoms with van der Waals surface area (Å²) in [5, 5.41) is 6.54. The standard InChI is InChI=1S/C5H5NO2/c6-3-4-1-2-8-5(4)7/h6H,1-2H2. The maximum atomic E-state index is 10.4. The Labute approximate surface area is 46.5 Å². The summed E-state index contributed by atoms with van der Waals surface area (Å²) in [6.45, 7) is 0.417. The number of esters is 1. The van der Waals surface area contributed by atoms with Crippen molar-refractivity contribution >= 4 is 11.8 Å². The van der Waals surface area contributed by atoms with Crippen LogP contribution in [0.4, 0.5) is 0 Å². The number of hydrogen-bond acceptors (Lipinski definition) is 3. The van der Waals surface area contributed by atoms with Crippen molar-refractivity contribution in [3.63, 3.8) is 0 Å². The number of carbonyl (C=O) groups is 1. The van der Waals surface area contributed by atoms with Crippen LogP contribution in [-0.2, 0) is 9.53 Å². The van der Waals surface area contributed by atoms with Crippen molar-refractivity contribution in [1.29, 1.82) is 5.41 Å². The fourth-order valence-electron chi connectivity index (χ4n) is 0.548. The first-order valence-electron chi connectivity index (χ1n) is 2.30. The average Bonchev–Trinajstić information content (AvgIpc) is 2.14. The highest BCUT2D eigenvalue weighted by atomic mass is 16.5. The molecule has 42 valence electrons. The number of hydrogen-bond donors (Lipinski definition) is 1. The number of ether oxygens (including phenoxy) is 1. The van der Waals surface area contributed by atoms with Gasteiger partial charge in [0.1, 0.15) is 5.57 Å². The highest BCUT2D eigenvalue weighted by Crippen LogP contribution is 2.07. The van der Waals surface area contributed by atoms with Gasteiger partial charge in [0.25, 0.3) is 0 Å². The fraction of sp³-hybridized carbons (Fsp3) is 0.400. The summed E-state index contributed by atoms with van der Waals surface area (Å²) in [5.74, 6) is 1.62. The van der Waals surface area contributed by atoms with Crippen LogP contribution in [0.1, 0.15) is 6.42 Å². The summed E-state index contributed by atoms with van der Waals surface area (Å²) >= 11 is 0. The molecule has 0 aliphatic carbocycles. The summed E-state index contributed by atoms with van der Waals surface area (Å²) in [7, 11) is 0. The fourth-order valence-corrected chi connectivity index (χ4v) is 0.548. The predicted octanol–water partition coefficient (Wildman–Crippen LogP) is 0.108. The van der Waals surface area contributed by atoms with Crippen LogP contribution in [0.25, 0.3) is 0 Å². The Morgan fingerprint density at radius 2 is 2.50 bits per heavy atom. The van der Waals surface area contributed by atoms with Gasteiger partial charge in [0.2, 0.25) is 0 Å². The molecule has 3 heteroatoms. The molecule has 8 heavy (non-hydrogen) atoms. The van der Waals surface area contributed by atoms with Crippen LogP contribution in [0, 0.1) is 5.41 Å². The third-order valence-electron chi connectivity index (χ3n) is 0.983. The normalized spacial score (nSPS) is 18.0. The highest BCUT2D eigenvalue weighted by Gasteiger charge is 2.17. The van der Waals surface area contributed by atoms with Gasteiger partial charge in [-0.1, -0.05) is 0 Å². The van der Waals surface area contributed by atoms with Crippen molar-refractivity contribution in [2.75, 3.05) is 6.61 Å². The molecule has 1 saturated heterocycles. The van der Waals surface area contributed by atoms with E-state index in [2.05, 4.69) is 4.74 Å². The molecule has 0 spiro atoms. The molecule has 0 amide bonds. The summed E-state index contributed by atoms with van der Waals surface area (Å²) in [5.41, 5.74) is 0.352. The molecule has 0 unspecified atom stereocenters. The van der Waals surface area contributed by atoms with E-state index in [1.165, 1.54) is 0 Å². The topological polar surface area (TPSA) is 50.1 Å². The van der Waals surface area contributed by atoms with Crippen molar-refractivity contribution in [2.24, 2.45) is 0 Å². The summed E-state index contributed by atoms with van der Waals surface area (Å²) in [4.78, 5) is 10.4. The highest BCUT2D eigenvalue weighted by molar-refractivity contribution is 5.98. The second-order valence-corrected chi connectivity index (χ2v) is 1.49. The van der Waals surface area contributed by atoms with E-state index in [4.69, 9.17) is 5.41 Å². The van der Waals surface area contributed by atoms with E-state index < -0.39 is 0 Å². The summed E-state index contributed by atoms with van der Waals surface area (Å²) < 4.78 is 4.50. The number of cyclic esters (lactones) is 1. The first-order valence-corrected chi connectivity index (χ1v) is 2.30. The molecule has 3 nitrogen and oxygen atoms in total. The smallest absolute Gasteiger partial charge is 0.343 e. The Hall–Kier alpha value is -1.08. The van der Waals surface area contributed by atoms with E-state index in [1.54, 1.807) is 0 Å². The Balaban J connectivity index is 2.84. The van der Waals surface area contributed by atoms with Gasteiger partial charge in [0, 0.05) is 6.42 Å². The molecule has 0 atom stereocenters. The van der Waals surface area contributed by atoms with Gasteiger partial charge in [0.05, 0.1) is 6.61 Å². The van der Waals surface area contributed by atoms with Crippen molar-refractivity contribution in [3.05, 3.63) is 5.57 Å². The van der Waals surface area contributed by atoms with Crippen LogP contribution < -0.4 is 0 Å². The molecule has 0 bridgehead atoms. The minimum Gasteiger partial charge on any atom is -0.461 e. The molecule has 1 N–H and O–H groups in total. The molecule has 1 aliphatic heterocycles. The van der Waals surface area contributed by atoms with E-state index in [1.807, 2.05) is 5.87 Å². The van der Waals surface area contributed by atoms with Crippen LogP contribution in [0.15, 0.2) is 5.57 Å². The molecule has 1 heterocycles. The maximum absolute atomic E-state index is 10.4. The van der Waals surface area contributed by atoms with Crippen LogP contribution in [-0.4, -0.2) is 18.4 Å². The Kier molecular flexibility index (Phi) is 1.14. The predicted molar refractivity (Wildman–Crippen MR) is 26.8 cm³/mol. The van der Waals surface area contributed by atoms with Crippen molar-refractivity contribution < 1.29 is 9.53 Å². The van der Waals surface area contributed by atoms with E-state index in [0.29, 0.717) is 18.6 Å². The molecule has 0 aromatic heterocycles. The molecule has 0 saturated carbocycles. The second kappa shape index (κ2) is 1.80. The zero-order valence-corrected chi connectivity index (χ0v) is 4.23. The van der Waals surface area contributed by atoms with Gasteiger partial charge in [0.15, 0.2) is 0 Å². The van der Waals surface area contributed by atoms with Gasteiger partial charge in [-0.25, -0.2) is 4.79 Å². The van der Waals surface area contributed by atoms with Crippen molar-refractivity contribution in [3.8, 4) is 0 Å². The van der Waals surface area contributed by atoms with Gasteiger partial charge in [-0.3, -0.25) is 5.41 Å². The van der Waals surface area contributed by atoms with Gasteiger partial charge in [-0.05, 0) is 5.87 Å². The Morgan fingerprint density at radius 3 is 2.75 bits per heavy atom. The first-order chi connectivity index (χ1) is 3.84. The second-order valence-electron chi connectivity index (χ2n) is 1.49. The quantitative estimate of drug-likeness (QED) is 0.274. The molecule has 1 fully saturated rings. The minimum absolute atomic E-state index is 0.352. The minimum atomic E-state index is -0.389. The summed E-state index contributed by atoms with van der Waals surface area (Å²) in [6.07, 6.45) is 0.544. The molecule has 0 radical (unpaired) electrons. The lowest BCUT2D eigenvalue weighted by molar-refractivity contribution is -0.134. The van der Waals surface area contributed by atoms with Gasteiger partial charge < -0.3 is 4.74 Å². The molecule has 0 aromatic carbocycles. The lowest BCUT2D eigenvalue weighted by atomic mass is 10.3. The Bertz CT molecular complexity index is 167. The zero-order valence-electron chi connectivity index (χ0n) is 4.23. The van der Waals surface area contributed by atoms with Gasteiger partial charge in [-0.15, -0.1) is 0 Å². The lowest BCUT2D eigenvalue weighted by Gasteiger charge is -1.81. The van der Waals surface area contributed by atoms with Crippen molar-refractivity contribution in [2.45, 2.75) is 6.42 Å². The van der Waals surface area contributed by atoms with Gasteiger partial charge >= 0.3 is 5.97 Å². The van der Waals surface area contributed by atoms with E-state index in [0.717, 1.165) is 0 Å². The first kappa shape index (κ1) is 5.06. The average molecular weight is 111 g/mol. The van der Waals surface area contributed by atoms with E-state index in [-0.39, 0.29) is 5.97 Å². The largest absolute Gasteiger partial charge is 0.461 e. The number of carbonyl (C=O) groups excluding carboxylic acids is 1. The third-order valence-corrected chi connectivity index (χ3v) is 0.983. The van der Waals surface area contributed by atoms with Crippen LogP contribution in [0.2, 0.25) is 0 Å². The van der Waals surface area contributed by atoms with Crippen LogP contribution in [0.3, 0.4) is 0 Å². The Morgan fingerprint density at radius 1 is 1.75 bits per heavy atom. The summed E-state index contributed by atoms with van der Waals surface area (Å²) in [6, 6.07) is 0. The zero-order chi connectivity index (χ0) is 5.98.